The largest absolute Gasteiger partial charge is 0.386 e. The molecular formula is C6H8O3. The van der Waals surface area contributed by atoms with Gasteiger partial charge in [0.05, 0.1) is 0 Å². The van der Waals surface area contributed by atoms with Crippen LogP contribution in [-0.2, 0) is 4.79 Å². The molecule has 2 unspecified atom stereocenters. The fourth-order valence-electron chi connectivity index (χ4n) is 0.818. The van der Waals surface area contributed by atoms with Gasteiger partial charge in [0.25, 0.3) is 0 Å². The standard InChI is InChI=1S/C6H8O3/c1-3-2-4(7)6(9)5(3)8/h2,4,6-7,9H,1H3. The maximum Gasteiger partial charge on any atom is 0.189 e. The Hall–Kier alpha value is -0.670. The highest BCUT2D eigenvalue weighted by Gasteiger charge is 2.29. The van der Waals surface area contributed by atoms with E-state index in [-0.39, 0.29) is 5.78 Å². The van der Waals surface area contributed by atoms with E-state index in [9.17, 15) is 4.79 Å². The average Bonchev–Trinajstić information content (AvgIpc) is 1.98. The summed E-state index contributed by atoms with van der Waals surface area (Å²) in [5.74, 6) is -0.373. The Morgan fingerprint density at radius 3 is 2.22 bits per heavy atom. The molecule has 0 aromatic carbocycles. The number of aliphatic hydroxyl groups excluding tert-OH is 2. The number of carbonyl (C=O) groups excluding carboxylic acids is 1. The van der Waals surface area contributed by atoms with Gasteiger partial charge in [0.15, 0.2) is 5.78 Å². The summed E-state index contributed by atoms with van der Waals surface area (Å²) in [5.41, 5.74) is 0.440. The number of rotatable bonds is 0. The van der Waals surface area contributed by atoms with Crippen molar-refractivity contribution in [1.29, 1.82) is 0 Å². The third-order valence-electron chi connectivity index (χ3n) is 1.40. The van der Waals surface area contributed by atoms with Gasteiger partial charge >= 0.3 is 0 Å². The van der Waals surface area contributed by atoms with E-state index in [4.69, 9.17) is 10.2 Å². The summed E-state index contributed by atoms with van der Waals surface area (Å²) < 4.78 is 0. The molecule has 9 heavy (non-hydrogen) atoms. The van der Waals surface area contributed by atoms with Crippen molar-refractivity contribution in [2.75, 3.05) is 0 Å². The van der Waals surface area contributed by atoms with Crippen LogP contribution in [-0.4, -0.2) is 28.2 Å². The molecule has 0 aromatic rings. The van der Waals surface area contributed by atoms with Gasteiger partial charge in [-0.2, -0.15) is 0 Å². The lowest BCUT2D eigenvalue weighted by Gasteiger charge is -2.02. The molecule has 0 saturated carbocycles. The fourth-order valence-corrected chi connectivity index (χ4v) is 0.818. The zero-order valence-corrected chi connectivity index (χ0v) is 5.03. The highest BCUT2D eigenvalue weighted by molar-refractivity contribution is 6.01. The van der Waals surface area contributed by atoms with Gasteiger partial charge in [-0.1, -0.05) is 0 Å². The summed E-state index contributed by atoms with van der Waals surface area (Å²) in [6.07, 6.45) is -0.852. The summed E-state index contributed by atoms with van der Waals surface area (Å²) >= 11 is 0. The lowest BCUT2D eigenvalue weighted by atomic mass is 10.2. The van der Waals surface area contributed by atoms with Crippen molar-refractivity contribution in [3.63, 3.8) is 0 Å². The predicted octanol–water partition coefficient (Wildman–Crippen LogP) is -0.763. The summed E-state index contributed by atoms with van der Waals surface area (Å²) in [4.78, 5) is 10.6. The van der Waals surface area contributed by atoms with Gasteiger partial charge in [-0.15, -0.1) is 0 Å². The predicted molar refractivity (Wildman–Crippen MR) is 30.8 cm³/mol. The third kappa shape index (κ3) is 0.886. The van der Waals surface area contributed by atoms with Crippen LogP contribution in [0.5, 0.6) is 0 Å². The van der Waals surface area contributed by atoms with Gasteiger partial charge in [0.1, 0.15) is 12.2 Å². The van der Waals surface area contributed by atoms with Crippen molar-refractivity contribution in [2.45, 2.75) is 19.1 Å². The Bertz CT molecular complexity index is 171. The van der Waals surface area contributed by atoms with E-state index < -0.39 is 12.2 Å². The van der Waals surface area contributed by atoms with Gasteiger partial charge in [-0.3, -0.25) is 4.79 Å². The number of Topliss-reactive ketones (excluding diaryl/α,β-unsaturated/α-hetero) is 1. The van der Waals surface area contributed by atoms with Crippen LogP contribution < -0.4 is 0 Å². The van der Waals surface area contributed by atoms with Gasteiger partial charge in [-0.05, 0) is 18.6 Å². The van der Waals surface area contributed by atoms with Crippen LogP contribution in [0.25, 0.3) is 0 Å². The van der Waals surface area contributed by atoms with Gasteiger partial charge < -0.3 is 10.2 Å². The van der Waals surface area contributed by atoms with Crippen molar-refractivity contribution in [3.05, 3.63) is 11.6 Å². The summed E-state index contributed by atoms with van der Waals surface area (Å²) in [6.45, 7) is 1.57. The molecule has 0 saturated heterocycles. The highest BCUT2D eigenvalue weighted by Crippen LogP contribution is 2.13. The van der Waals surface area contributed by atoms with Crippen molar-refractivity contribution in [1.82, 2.24) is 0 Å². The Labute approximate surface area is 52.6 Å². The fraction of sp³-hybridized carbons (Fsp3) is 0.500. The number of carbonyl (C=O) groups is 1. The van der Waals surface area contributed by atoms with Crippen LogP contribution in [0.15, 0.2) is 11.6 Å². The van der Waals surface area contributed by atoms with E-state index >= 15 is 0 Å². The van der Waals surface area contributed by atoms with Crippen molar-refractivity contribution >= 4 is 5.78 Å². The van der Waals surface area contributed by atoms with Crippen LogP contribution in [0.3, 0.4) is 0 Å². The molecule has 0 amide bonds. The lowest BCUT2D eigenvalue weighted by molar-refractivity contribution is -0.125. The van der Waals surface area contributed by atoms with E-state index in [1.54, 1.807) is 6.92 Å². The minimum atomic E-state index is -1.22. The SMILES string of the molecule is CC1=CC(O)C(O)C1=O. The summed E-state index contributed by atoms with van der Waals surface area (Å²) in [7, 11) is 0. The second-order valence-electron chi connectivity index (χ2n) is 2.15. The minimum Gasteiger partial charge on any atom is -0.386 e. The van der Waals surface area contributed by atoms with E-state index in [2.05, 4.69) is 0 Å². The first-order chi connectivity index (χ1) is 4.13. The lowest BCUT2D eigenvalue weighted by Crippen LogP contribution is -2.26. The zero-order chi connectivity index (χ0) is 7.02. The smallest absolute Gasteiger partial charge is 0.189 e. The second-order valence-corrected chi connectivity index (χ2v) is 2.15. The molecule has 1 aliphatic carbocycles. The number of aliphatic hydroxyl groups is 2. The Kier molecular flexibility index (Phi) is 1.38. The molecule has 2 N–H and O–H groups in total. The molecule has 0 fully saturated rings. The molecule has 1 rings (SSSR count). The molecule has 50 valence electrons. The molecule has 0 radical (unpaired) electrons. The Balaban J connectivity index is 2.82. The quantitative estimate of drug-likeness (QED) is 0.450. The summed E-state index contributed by atoms with van der Waals surface area (Å²) in [6, 6.07) is 0. The Morgan fingerprint density at radius 2 is 2.11 bits per heavy atom. The van der Waals surface area contributed by atoms with Crippen LogP contribution in [0, 0.1) is 0 Å². The molecule has 0 aliphatic heterocycles. The second kappa shape index (κ2) is 1.93. The van der Waals surface area contributed by atoms with Crippen LogP contribution >= 0.6 is 0 Å². The molecule has 0 heterocycles. The molecule has 2 atom stereocenters. The number of hydrogen-bond acceptors (Lipinski definition) is 3. The Morgan fingerprint density at radius 1 is 1.56 bits per heavy atom. The maximum atomic E-state index is 10.6. The van der Waals surface area contributed by atoms with Crippen molar-refractivity contribution in [2.24, 2.45) is 0 Å². The summed E-state index contributed by atoms with van der Waals surface area (Å²) in [5, 5.41) is 17.6. The van der Waals surface area contributed by atoms with E-state index in [1.165, 1.54) is 6.08 Å². The van der Waals surface area contributed by atoms with Crippen molar-refractivity contribution in [3.8, 4) is 0 Å². The van der Waals surface area contributed by atoms with Gasteiger partial charge in [0.2, 0.25) is 0 Å². The average molecular weight is 128 g/mol. The van der Waals surface area contributed by atoms with E-state index in [0.717, 1.165) is 0 Å². The first-order valence-corrected chi connectivity index (χ1v) is 2.71. The normalized spacial score (nSPS) is 35.0. The van der Waals surface area contributed by atoms with Gasteiger partial charge in [0, 0.05) is 0 Å². The number of ketones is 1. The first-order valence-electron chi connectivity index (χ1n) is 2.71. The molecule has 0 bridgehead atoms. The number of hydrogen-bond donors (Lipinski definition) is 2. The van der Waals surface area contributed by atoms with Gasteiger partial charge in [-0.25, -0.2) is 0 Å². The molecule has 3 heteroatoms. The van der Waals surface area contributed by atoms with E-state index in [1.807, 2.05) is 0 Å². The minimum absolute atomic E-state index is 0.373. The maximum absolute atomic E-state index is 10.6. The molecular weight excluding hydrogens is 120 g/mol. The third-order valence-corrected chi connectivity index (χ3v) is 1.40. The highest BCUT2D eigenvalue weighted by atomic mass is 16.3. The molecule has 0 spiro atoms. The van der Waals surface area contributed by atoms with Crippen molar-refractivity contribution < 1.29 is 15.0 Å². The first kappa shape index (κ1) is 6.45. The van der Waals surface area contributed by atoms with Crippen LogP contribution in [0.4, 0.5) is 0 Å². The van der Waals surface area contributed by atoms with E-state index in [0.29, 0.717) is 5.57 Å². The van der Waals surface area contributed by atoms with Crippen LogP contribution in [0.2, 0.25) is 0 Å². The zero-order valence-electron chi connectivity index (χ0n) is 5.03. The molecule has 0 aromatic heterocycles. The topological polar surface area (TPSA) is 57.5 Å². The van der Waals surface area contributed by atoms with Crippen LogP contribution in [0.1, 0.15) is 6.92 Å². The molecule has 3 nitrogen and oxygen atoms in total. The monoisotopic (exact) mass is 128 g/mol. The molecule has 1 aliphatic rings.